The van der Waals surface area contributed by atoms with Crippen molar-refractivity contribution in [2.75, 3.05) is 19.9 Å². The number of hydrogen-bond donors (Lipinski definition) is 1. The summed E-state index contributed by atoms with van der Waals surface area (Å²) in [7, 11) is 0. The standard InChI is InChI=1S/C9H15NO3/c1-7-3-4-10(5-8(7)2)9(12)13-6-11/h11H,3-6H2,1-2H3. The monoisotopic (exact) mass is 185 g/mol. The summed E-state index contributed by atoms with van der Waals surface area (Å²) in [6.45, 7) is 4.83. The van der Waals surface area contributed by atoms with Crippen molar-refractivity contribution in [3.05, 3.63) is 11.1 Å². The lowest BCUT2D eigenvalue weighted by molar-refractivity contribution is 0.0229. The third-order valence-electron chi connectivity index (χ3n) is 2.36. The van der Waals surface area contributed by atoms with Crippen molar-refractivity contribution in [2.45, 2.75) is 20.3 Å². The molecule has 0 saturated heterocycles. The van der Waals surface area contributed by atoms with Crippen molar-refractivity contribution in [1.82, 2.24) is 4.90 Å². The molecule has 1 aliphatic rings. The van der Waals surface area contributed by atoms with Crippen LogP contribution in [-0.4, -0.2) is 36.0 Å². The maximum atomic E-state index is 11.2. The molecule has 0 spiro atoms. The lowest BCUT2D eigenvalue weighted by atomic mass is 10.0. The molecule has 0 bridgehead atoms. The summed E-state index contributed by atoms with van der Waals surface area (Å²) in [5.74, 6) is 0. The fraction of sp³-hybridized carbons (Fsp3) is 0.667. The minimum atomic E-state index is -0.545. The molecule has 1 rings (SSSR count). The number of amides is 1. The number of ether oxygens (including phenoxy) is 1. The summed E-state index contributed by atoms with van der Waals surface area (Å²) in [6.07, 6.45) is 0.459. The minimum absolute atomic E-state index is 0.436. The highest BCUT2D eigenvalue weighted by molar-refractivity contribution is 5.68. The van der Waals surface area contributed by atoms with Gasteiger partial charge in [0, 0.05) is 13.1 Å². The quantitative estimate of drug-likeness (QED) is 0.492. The van der Waals surface area contributed by atoms with Gasteiger partial charge in [-0.15, -0.1) is 0 Å². The number of rotatable bonds is 1. The highest BCUT2D eigenvalue weighted by atomic mass is 16.6. The van der Waals surface area contributed by atoms with Gasteiger partial charge in [-0.25, -0.2) is 4.79 Å². The molecule has 1 heterocycles. The molecule has 74 valence electrons. The maximum absolute atomic E-state index is 11.2. The van der Waals surface area contributed by atoms with E-state index in [2.05, 4.69) is 11.7 Å². The summed E-state index contributed by atoms with van der Waals surface area (Å²) in [4.78, 5) is 12.8. The van der Waals surface area contributed by atoms with Crippen molar-refractivity contribution >= 4 is 6.09 Å². The fourth-order valence-electron chi connectivity index (χ4n) is 1.32. The molecule has 1 aliphatic heterocycles. The Morgan fingerprint density at radius 1 is 1.54 bits per heavy atom. The first kappa shape index (κ1) is 10.1. The Labute approximate surface area is 77.8 Å². The average Bonchev–Trinajstić information content (AvgIpc) is 2.10. The molecular formula is C9H15NO3. The molecule has 0 radical (unpaired) electrons. The van der Waals surface area contributed by atoms with E-state index in [9.17, 15) is 4.79 Å². The van der Waals surface area contributed by atoms with E-state index in [1.807, 2.05) is 6.92 Å². The molecule has 0 aromatic rings. The molecule has 0 fully saturated rings. The zero-order chi connectivity index (χ0) is 9.84. The Bertz CT molecular complexity index is 235. The van der Waals surface area contributed by atoms with E-state index in [0.717, 1.165) is 6.42 Å². The van der Waals surface area contributed by atoms with E-state index in [1.54, 1.807) is 4.90 Å². The first-order valence-electron chi connectivity index (χ1n) is 4.33. The molecule has 0 aliphatic carbocycles. The molecule has 4 nitrogen and oxygen atoms in total. The molecule has 0 aromatic heterocycles. The van der Waals surface area contributed by atoms with Crippen molar-refractivity contribution < 1.29 is 14.6 Å². The predicted octanol–water partition coefficient (Wildman–Crippen LogP) is 1.11. The third kappa shape index (κ3) is 2.45. The number of nitrogens with zero attached hydrogens (tertiary/aromatic N) is 1. The van der Waals surface area contributed by atoms with Crippen LogP contribution in [0.5, 0.6) is 0 Å². The van der Waals surface area contributed by atoms with Crippen LogP contribution in [0.2, 0.25) is 0 Å². The number of hydrogen-bond acceptors (Lipinski definition) is 3. The maximum Gasteiger partial charge on any atom is 0.412 e. The van der Waals surface area contributed by atoms with Gasteiger partial charge in [0.05, 0.1) is 0 Å². The second-order valence-corrected chi connectivity index (χ2v) is 3.27. The van der Waals surface area contributed by atoms with E-state index in [-0.39, 0.29) is 0 Å². The SMILES string of the molecule is CC1=C(C)CN(C(=O)OCO)CC1. The lowest BCUT2D eigenvalue weighted by Gasteiger charge is -2.27. The summed E-state index contributed by atoms with van der Waals surface area (Å²) in [5.41, 5.74) is 2.55. The molecular weight excluding hydrogens is 170 g/mol. The second-order valence-electron chi connectivity index (χ2n) is 3.27. The first-order valence-corrected chi connectivity index (χ1v) is 4.33. The molecule has 4 heteroatoms. The van der Waals surface area contributed by atoms with Crippen molar-refractivity contribution in [2.24, 2.45) is 0 Å². The van der Waals surface area contributed by atoms with Gasteiger partial charge >= 0.3 is 6.09 Å². The van der Waals surface area contributed by atoms with Crippen molar-refractivity contribution in [3.63, 3.8) is 0 Å². The van der Waals surface area contributed by atoms with Crippen LogP contribution in [0, 0.1) is 0 Å². The molecule has 13 heavy (non-hydrogen) atoms. The van der Waals surface area contributed by atoms with Crippen LogP contribution in [0.15, 0.2) is 11.1 Å². The van der Waals surface area contributed by atoms with Gasteiger partial charge in [0.25, 0.3) is 0 Å². The Morgan fingerprint density at radius 3 is 2.77 bits per heavy atom. The summed E-state index contributed by atoms with van der Waals surface area (Å²) in [6, 6.07) is 0. The largest absolute Gasteiger partial charge is 0.422 e. The van der Waals surface area contributed by atoms with Gasteiger partial charge < -0.3 is 14.7 Å². The zero-order valence-corrected chi connectivity index (χ0v) is 8.04. The highest BCUT2D eigenvalue weighted by Crippen LogP contribution is 2.16. The van der Waals surface area contributed by atoms with Crippen molar-refractivity contribution in [1.29, 1.82) is 0 Å². The average molecular weight is 185 g/mol. The third-order valence-corrected chi connectivity index (χ3v) is 2.36. The molecule has 1 N–H and O–H groups in total. The molecule has 1 amide bonds. The Hall–Kier alpha value is -1.03. The Balaban J connectivity index is 2.53. The van der Waals surface area contributed by atoms with E-state index < -0.39 is 12.9 Å². The van der Waals surface area contributed by atoms with Crippen molar-refractivity contribution in [3.8, 4) is 0 Å². The molecule has 0 atom stereocenters. The summed E-state index contributed by atoms with van der Waals surface area (Å²) >= 11 is 0. The Morgan fingerprint density at radius 2 is 2.23 bits per heavy atom. The second kappa shape index (κ2) is 4.28. The van der Waals surface area contributed by atoms with Gasteiger partial charge in [-0.1, -0.05) is 11.1 Å². The van der Waals surface area contributed by atoms with Crippen LogP contribution >= 0.6 is 0 Å². The van der Waals surface area contributed by atoms with Crippen LogP contribution in [0.25, 0.3) is 0 Å². The first-order chi connectivity index (χ1) is 6.15. The number of aliphatic hydroxyl groups excluding tert-OH is 1. The smallest absolute Gasteiger partial charge is 0.412 e. The van der Waals surface area contributed by atoms with Crippen LogP contribution in [0.3, 0.4) is 0 Å². The normalized spacial score (nSPS) is 17.6. The molecule has 0 aromatic carbocycles. The van der Waals surface area contributed by atoms with Crippen LogP contribution in [0.1, 0.15) is 20.3 Å². The van der Waals surface area contributed by atoms with E-state index in [0.29, 0.717) is 13.1 Å². The number of carbonyl (C=O) groups excluding carboxylic acids is 1. The van der Waals surface area contributed by atoms with Crippen LogP contribution < -0.4 is 0 Å². The lowest BCUT2D eigenvalue weighted by Crippen LogP contribution is -2.36. The fourth-order valence-corrected chi connectivity index (χ4v) is 1.32. The predicted molar refractivity (Wildman–Crippen MR) is 48.1 cm³/mol. The minimum Gasteiger partial charge on any atom is -0.422 e. The van der Waals surface area contributed by atoms with Gasteiger partial charge in [0.15, 0.2) is 6.79 Å². The zero-order valence-electron chi connectivity index (χ0n) is 8.04. The van der Waals surface area contributed by atoms with Gasteiger partial charge in [0.2, 0.25) is 0 Å². The van der Waals surface area contributed by atoms with Gasteiger partial charge in [-0.3, -0.25) is 0 Å². The van der Waals surface area contributed by atoms with Gasteiger partial charge in [-0.05, 0) is 20.3 Å². The van der Waals surface area contributed by atoms with Crippen LogP contribution in [0.4, 0.5) is 4.79 Å². The van der Waals surface area contributed by atoms with Crippen LogP contribution in [-0.2, 0) is 4.74 Å². The summed E-state index contributed by atoms with van der Waals surface area (Å²) < 4.78 is 4.48. The Kier molecular flexibility index (Phi) is 3.31. The number of carbonyl (C=O) groups is 1. The van der Waals surface area contributed by atoms with E-state index in [4.69, 9.17) is 5.11 Å². The molecule has 0 unspecified atom stereocenters. The number of aliphatic hydroxyl groups is 1. The van der Waals surface area contributed by atoms with Gasteiger partial charge in [-0.2, -0.15) is 0 Å². The summed E-state index contributed by atoms with van der Waals surface area (Å²) in [5, 5.41) is 8.40. The van der Waals surface area contributed by atoms with E-state index in [1.165, 1.54) is 11.1 Å². The van der Waals surface area contributed by atoms with E-state index >= 15 is 0 Å². The molecule has 0 saturated carbocycles. The highest BCUT2D eigenvalue weighted by Gasteiger charge is 2.19. The van der Waals surface area contributed by atoms with Gasteiger partial charge in [0.1, 0.15) is 0 Å². The topological polar surface area (TPSA) is 49.8 Å².